The summed E-state index contributed by atoms with van der Waals surface area (Å²) in [7, 11) is 0. The number of nitrogens with zero attached hydrogens (tertiary/aromatic N) is 5. The second kappa shape index (κ2) is 13.5. The molecular formula is C30H34N8O11S2. The van der Waals surface area contributed by atoms with E-state index in [1.54, 1.807) is 0 Å². The highest BCUT2D eigenvalue weighted by Crippen LogP contribution is 2.43. The SMILES string of the molecule is CC(C)(O/N=C(\C(=O)N[C@@H]1C(=O)N2C(C(=O)O)=C(CN3[C@@H]4CC[C@H]3CC(NC(=O)c3ccc(O)c(O)c3O)C4)CS[C@H]12)c1nsc(N)n1)C(=O)O. The Labute approximate surface area is 297 Å². The average Bonchev–Trinajstić information content (AvgIpc) is 3.59. The first-order valence-corrected chi connectivity index (χ1v) is 17.5. The van der Waals surface area contributed by atoms with E-state index >= 15 is 0 Å². The van der Waals surface area contributed by atoms with Crippen molar-refractivity contribution in [3.05, 3.63) is 34.8 Å². The van der Waals surface area contributed by atoms with Gasteiger partial charge in [-0.15, -0.1) is 11.8 Å². The highest BCUT2D eigenvalue weighted by molar-refractivity contribution is 8.00. The first-order valence-electron chi connectivity index (χ1n) is 15.7. The highest BCUT2D eigenvalue weighted by Gasteiger charge is 2.55. The van der Waals surface area contributed by atoms with Gasteiger partial charge >= 0.3 is 11.9 Å². The van der Waals surface area contributed by atoms with E-state index in [1.165, 1.54) is 31.7 Å². The Bertz CT molecular complexity index is 1870. The predicted octanol–water partition coefficient (Wildman–Crippen LogP) is -0.0150. The van der Waals surface area contributed by atoms with Gasteiger partial charge in [0.05, 0.1) is 5.56 Å². The number of fused-ring (bicyclic) bond motifs is 3. The number of hydrogen-bond acceptors (Lipinski definition) is 16. The summed E-state index contributed by atoms with van der Waals surface area (Å²) in [5, 5.41) is 57.5. The lowest BCUT2D eigenvalue weighted by molar-refractivity contribution is -0.161. The van der Waals surface area contributed by atoms with Gasteiger partial charge in [0.15, 0.2) is 16.6 Å². The number of benzene rings is 1. The van der Waals surface area contributed by atoms with Crippen LogP contribution in [-0.4, -0.2) is 128 Å². The standard InChI is InChI=1S/C30H34N8O11S2/c1-30(2,28(47)48)49-35-17(22-34-29(31)51-36-22)24(43)33-18-25(44)38-19(27(45)46)11(10-50-26(18)38)9-37-13-3-4-14(37)8-12(7-13)32-23(42)15-5-6-16(39)21(41)20(15)40/h5-6,12-14,18,26,39-41H,3-4,7-10H2,1-2H3,(H,32,42)(H,33,43)(H,45,46)(H,47,48)(H2,31,34,36)/b35-17-/t12?,13-,14+,18-,26-/m1/s1. The summed E-state index contributed by atoms with van der Waals surface area (Å²) in [6, 6.07) is 0.921. The molecule has 0 saturated carbocycles. The number of carbonyl (C=O) groups excluding carboxylic acids is 3. The van der Waals surface area contributed by atoms with E-state index in [2.05, 4.69) is 30.0 Å². The smallest absolute Gasteiger partial charge is 0.352 e. The van der Waals surface area contributed by atoms with E-state index in [9.17, 15) is 49.5 Å². The normalized spacial score (nSPS) is 24.8. The van der Waals surface area contributed by atoms with Crippen molar-refractivity contribution in [2.75, 3.05) is 18.0 Å². The predicted molar refractivity (Wildman–Crippen MR) is 179 cm³/mol. The number of aromatic hydroxyl groups is 3. The van der Waals surface area contributed by atoms with Crippen LogP contribution in [0.1, 0.15) is 55.7 Å². The van der Waals surface area contributed by atoms with Crippen LogP contribution in [0.15, 0.2) is 28.6 Å². The fourth-order valence-electron chi connectivity index (χ4n) is 6.61. The van der Waals surface area contributed by atoms with E-state index in [1.807, 2.05) is 0 Å². The number of hydrogen-bond donors (Lipinski definition) is 8. The second-order valence-corrected chi connectivity index (χ2v) is 14.8. The molecule has 4 aliphatic rings. The number of phenolic OH excluding ortho intramolecular Hbond substituents is 3. The van der Waals surface area contributed by atoms with Crippen molar-refractivity contribution in [2.24, 2.45) is 5.16 Å². The molecule has 5 atom stereocenters. The van der Waals surface area contributed by atoms with E-state index in [-0.39, 0.29) is 52.6 Å². The number of piperidine rings is 1. The van der Waals surface area contributed by atoms with Crippen molar-refractivity contribution in [3.63, 3.8) is 0 Å². The maximum Gasteiger partial charge on any atom is 0.352 e. The third kappa shape index (κ3) is 6.70. The number of amides is 3. The van der Waals surface area contributed by atoms with E-state index in [0.717, 1.165) is 35.3 Å². The van der Waals surface area contributed by atoms with Crippen LogP contribution in [0.5, 0.6) is 17.2 Å². The molecule has 5 heterocycles. The van der Waals surface area contributed by atoms with Crippen molar-refractivity contribution in [3.8, 4) is 17.2 Å². The minimum atomic E-state index is -1.82. The molecule has 1 aromatic heterocycles. The number of aromatic nitrogens is 2. The first-order chi connectivity index (χ1) is 24.1. The molecule has 21 heteroatoms. The number of phenols is 3. The summed E-state index contributed by atoms with van der Waals surface area (Å²) >= 11 is 2.03. The van der Waals surface area contributed by atoms with Gasteiger partial charge in [0.2, 0.25) is 22.9 Å². The summed E-state index contributed by atoms with van der Waals surface area (Å²) in [5.41, 5.74) is 3.50. The molecule has 51 heavy (non-hydrogen) atoms. The average molecular weight is 747 g/mol. The van der Waals surface area contributed by atoms with E-state index in [0.29, 0.717) is 18.4 Å². The van der Waals surface area contributed by atoms with Gasteiger partial charge in [-0.25, -0.2) is 9.59 Å². The number of nitrogen functional groups attached to an aromatic ring is 1. The summed E-state index contributed by atoms with van der Waals surface area (Å²) in [5.74, 6) is -6.94. The molecule has 0 spiro atoms. The molecule has 3 fully saturated rings. The molecule has 1 aromatic carbocycles. The van der Waals surface area contributed by atoms with Crippen molar-refractivity contribution >= 4 is 63.8 Å². The molecule has 3 amide bonds. The largest absolute Gasteiger partial charge is 0.504 e. The Morgan fingerprint density at radius 3 is 2.37 bits per heavy atom. The van der Waals surface area contributed by atoms with E-state index < -0.39 is 69.6 Å². The number of nitrogens with one attached hydrogen (secondary N) is 2. The van der Waals surface area contributed by atoms with Gasteiger partial charge in [-0.2, -0.15) is 9.36 Å². The molecule has 3 saturated heterocycles. The summed E-state index contributed by atoms with van der Waals surface area (Å²) in [6.45, 7) is 2.70. The quantitative estimate of drug-likeness (QED) is 0.0649. The molecule has 1 unspecified atom stereocenters. The van der Waals surface area contributed by atoms with Crippen molar-refractivity contribution in [1.82, 2.24) is 29.8 Å². The van der Waals surface area contributed by atoms with Crippen molar-refractivity contribution < 1.29 is 54.3 Å². The number of rotatable bonds is 11. The molecule has 4 aliphatic heterocycles. The van der Waals surface area contributed by atoms with Gasteiger partial charge in [-0.05, 0) is 57.2 Å². The second-order valence-electron chi connectivity index (χ2n) is 12.9. The first kappa shape index (κ1) is 35.7. The molecule has 0 aliphatic carbocycles. The lowest BCUT2D eigenvalue weighted by Crippen LogP contribution is -2.71. The lowest BCUT2D eigenvalue weighted by Gasteiger charge is -2.50. The third-order valence-corrected chi connectivity index (χ3v) is 11.1. The van der Waals surface area contributed by atoms with Crippen LogP contribution in [0.3, 0.4) is 0 Å². The minimum absolute atomic E-state index is 0.000318. The Morgan fingerprint density at radius 2 is 1.76 bits per heavy atom. The van der Waals surface area contributed by atoms with Crippen LogP contribution in [0.4, 0.5) is 5.13 Å². The zero-order chi connectivity index (χ0) is 36.9. The van der Waals surface area contributed by atoms with Crippen LogP contribution in [0.2, 0.25) is 0 Å². The van der Waals surface area contributed by atoms with Gasteiger partial charge in [0, 0.05) is 42.0 Å². The number of thioether (sulfide) groups is 1. The number of anilines is 1. The fourth-order valence-corrected chi connectivity index (χ4v) is 8.38. The van der Waals surface area contributed by atoms with Gasteiger partial charge in [0.1, 0.15) is 17.1 Å². The number of carboxylic acids is 2. The maximum absolute atomic E-state index is 13.4. The maximum atomic E-state index is 13.4. The molecule has 0 radical (unpaired) electrons. The molecule has 6 rings (SSSR count). The summed E-state index contributed by atoms with van der Waals surface area (Å²) in [6.07, 6.45) is 2.71. The van der Waals surface area contributed by atoms with Gasteiger partial charge < -0.3 is 46.7 Å². The van der Waals surface area contributed by atoms with Gasteiger partial charge in [-0.1, -0.05) is 5.16 Å². The number of carboxylic acid groups (broad SMARTS) is 2. The van der Waals surface area contributed by atoms with E-state index in [4.69, 9.17) is 10.6 Å². The van der Waals surface area contributed by atoms with Crippen LogP contribution < -0.4 is 16.4 Å². The third-order valence-electron chi connectivity index (χ3n) is 9.25. The topological polar surface area (TPSA) is 290 Å². The number of carbonyl (C=O) groups is 5. The van der Waals surface area contributed by atoms with Crippen molar-refractivity contribution in [1.29, 1.82) is 0 Å². The molecular weight excluding hydrogens is 713 g/mol. The summed E-state index contributed by atoms with van der Waals surface area (Å²) in [4.78, 5) is 76.1. The van der Waals surface area contributed by atoms with Crippen LogP contribution in [0, 0.1) is 0 Å². The lowest BCUT2D eigenvalue weighted by atomic mass is 9.95. The number of aliphatic carboxylic acids is 2. The molecule has 2 bridgehead atoms. The number of β-lactam (4-membered cyclic amide) rings is 1. The van der Waals surface area contributed by atoms with Crippen LogP contribution in [-0.2, 0) is 24.0 Å². The zero-order valence-electron chi connectivity index (χ0n) is 27.1. The zero-order valence-corrected chi connectivity index (χ0v) is 28.7. The Morgan fingerprint density at radius 1 is 1.08 bits per heavy atom. The molecule has 272 valence electrons. The van der Waals surface area contributed by atoms with Gasteiger partial charge in [0.25, 0.3) is 17.7 Å². The fraction of sp³-hybridized carbons (Fsp3) is 0.467. The van der Waals surface area contributed by atoms with Crippen LogP contribution in [0.25, 0.3) is 0 Å². The minimum Gasteiger partial charge on any atom is -0.504 e. The van der Waals surface area contributed by atoms with Crippen molar-refractivity contribution in [2.45, 2.75) is 74.7 Å². The Balaban J connectivity index is 1.13. The molecule has 2 aromatic rings. The summed E-state index contributed by atoms with van der Waals surface area (Å²) < 4.78 is 3.94. The molecule has 9 N–H and O–H groups in total. The monoisotopic (exact) mass is 746 g/mol. The highest BCUT2D eigenvalue weighted by atomic mass is 32.2. The van der Waals surface area contributed by atoms with Gasteiger partial charge in [-0.3, -0.25) is 24.2 Å². The molecule has 19 nitrogen and oxygen atoms in total. The van der Waals surface area contributed by atoms with Crippen LogP contribution >= 0.6 is 23.3 Å². The Kier molecular flexibility index (Phi) is 9.46. The Hall–Kier alpha value is -5.15. The number of nitrogens with two attached hydrogens (primary N) is 1. The number of oxime groups is 1.